The molecule has 1 aromatic carbocycles. The highest BCUT2D eigenvalue weighted by atomic mass is 32.1. The molecule has 1 unspecified atom stereocenters. The van der Waals surface area contributed by atoms with Crippen LogP contribution in [-0.2, 0) is 6.42 Å². The minimum atomic E-state index is -0.211. The molecule has 0 aliphatic heterocycles. The van der Waals surface area contributed by atoms with Gasteiger partial charge in [0.15, 0.2) is 0 Å². The molecule has 0 bridgehead atoms. The number of thiocarbonyl (C=S) groups is 1. The van der Waals surface area contributed by atoms with Gasteiger partial charge < -0.3 is 10.5 Å². The maximum atomic E-state index is 5.54. The summed E-state index contributed by atoms with van der Waals surface area (Å²) in [5.74, 6) is 0.815. The molecule has 82 valence electrons. The first-order valence-electron chi connectivity index (χ1n) is 5.18. The van der Waals surface area contributed by atoms with Crippen molar-refractivity contribution in [3.63, 3.8) is 0 Å². The Labute approximate surface area is 96.4 Å². The highest BCUT2D eigenvalue weighted by molar-refractivity contribution is 7.80. The van der Waals surface area contributed by atoms with Gasteiger partial charge in [-0.05, 0) is 31.0 Å². The Morgan fingerprint density at radius 3 is 2.47 bits per heavy atom. The van der Waals surface area contributed by atoms with Gasteiger partial charge in [-0.15, -0.1) is 0 Å². The molecule has 3 heteroatoms. The molecule has 1 aromatic rings. The zero-order chi connectivity index (χ0) is 11.3. The van der Waals surface area contributed by atoms with Gasteiger partial charge in [0.25, 0.3) is 0 Å². The lowest BCUT2D eigenvalue weighted by Gasteiger charge is -2.13. The maximum absolute atomic E-state index is 5.54. The zero-order valence-corrected chi connectivity index (χ0v) is 10.0. The van der Waals surface area contributed by atoms with E-state index >= 15 is 0 Å². The predicted octanol–water partition coefficient (Wildman–Crippen LogP) is 2.69. The lowest BCUT2D eigenvalue weighted by molar-refractivity contribution is 0.288. The summed E-state index contributed by atoms with van der Waals surface area (Å²) < 4.78 is 5.54. The van der Waals surface area contributed by atoms with Crippen molar-refractivity contribution in [1.29, 1.82) is 0 Å². The first-order chi connectivity index (χ1) is 7.13. The number of nitrogens with two attached hydrogens (primary N) is 1. The van der Waals surface area contributed by atoms with Crippen molar-refractivity contribution >= 4 is 17.2 Å². The third-order valence-electron chi connectivity index (χ3n) is 2.18. The first-order valence-corrected chi connectivity index (χ1v) is 5.59. The molecule has 0 fully saturated rings. The predicted molar refractivity (Wildman–Crippen MR) is 67.3 cm³/mol. The van der Waals surface area contributed by atoms with Crippen molar-refractivity contribution in [2.45, 2.75) is 32.8 Å². The number of aryl methyl sites for hydroxylation is 1. The van der Waals surface area contributed by atoms with Crippen LogP contribution >= 0.6 is 12.2 Å². The molecule has 0 spiro atoms. The average molecular weight is 223 g/mol. The summed E-state index contributed by atoms with van der Waals surface area (Å²) in [6.45, 7) is 4.02. The molecule has 0 saturated carbocycles. The van der Waals surface area contributed by atoms with E-state index < -0.39 is 0 Å². The van der Waals surface area contributed by atoms with Crippen LogP contribution in [0.15, 0.2) is 24.3 Å². The molecule has 2 N–H and O–H groups in total. The van der Waals surface area contributed by atoms with Gasteiger partial charge in [0.2, 0.25) is 0 Å². The van der Waals surface area contributed by atoms with Gasteiger partial charge >= 0.3 is 0 Å². The Morgan fingerprint density at radius 1 is 1.40 bits per heavy atom. The monoisotopic (exact) mass is 223 g/mol. The molecule has 1 atom stereocenters. The van der Waals surface area contributed by atoms with Gasteiger partial charge in [-0.1, -0.05) is 37.7 Å². The molecule has 0 radical (unpaired) electrons. The summed E-state index contributed by atoms with van der Waals surface area (Å²) in [7, 11) is 0. The van der Waals surface area contributed by atoms with Crippen molar-refractivity contribution < 1.29 is 4.74 Å². The van der Waals surface area contributed by atoms with E-state index in [0.717, 1.165) is 18.6 Å². The van der Waals surface area contributed by atoms with E-state index in [0.29, 0.717) is 4.99 Å². The second-order valence-electron chi connectivity index (χ2n) is 3.56. The molecule has 0 aromatic heterocycles. The summed E-state index contributed by atoms with van der Waals surface area (Å²) in [6, 6.07) is 8.07. The average Bonchev–Trinajstić information content (AvgIpc) is 2.21. The first kappa shape index (κ1) is 12.0. The Kier molecular flexibility index (Phi) is 4.56. The molecule has 0 aliphatic rings. The third kappa shape index (κ3) is 3.88. The van der Waals surface area contributed by atoms with Gasteiger partial charge in [0.05, 0.1) is 0 Å². The van der Waals surface area contributed by atoms with E-state index in [4.69, 9.17) is 22.7 Å². The minimum absolute atomic E-state index is 0.211. The smallest absolute Gasteiger partial charge is 0.145 e. The summed E-state index contributed by atoms with van der Waals surface area (Å²) >= 11 is 4.84. The Morgan fingerprint density at radius 2 is 2.00 bits per heavy atom. The SMILES string of the molecule is CCCc1ccc(OC(C)C(N)=S)cc1. The molecular weight excluding hydrogens is 206 g/mol. The molecular formula is C12H17NOS. The van der Waals surface area contributed by atoms with E-state index in [-0.39, 0.29) is 6.10 Å². The van der Waals surface area contributed by atoms with E-state index in [1.165, 1.54) is 5.56 Å². The number of benzene rings is 1. The van der Waals surface area contributed by atoms with Crippen LogP contribution < -0.4 is 10.5 Å². The van der Waals surface area contributed by atoms with Gasteiger partial charge in [-0.25, -0.2) is 0 Å². The van der Waals surface area contributed by atoms with Crippen LogP contribution in [0, 0.1) is 0 Å². The molecule has 0 aliphatic carbocycles. The highest BCUT2D eigenvalue weighted by Gasteiger charge is 2.05. The third-order valence-corrected chi connectivity index (χ3v) is 2.51. The van der Waals surface area contributed by atoms with Gasteiger partial charge in [0.1, 0.15) is 16.8 Å². The quantitative estimate of drug-likeness (QED) is 0.779. The van der Waals surface area contributed by atoms with Crippen LogP contribution in [0.1, 0.15) is 25.8 Å². The Balaban J connectivity index is 2.60. The van der Waals surface area contributed by atoms with E-state index in [9.17, 15) is 0 Å². The fourth-order valence-electron chi connectivity index (χ4n) is 1.29. The molecule has 15 heavy (non-hydrogen) atoms. The number of rotatable bonds is 5. The van der Waals surface area contributed by atoms with Crippen molar-refractivity contribution in [2.24, 2.45) is 5.73 Å². The van der Waals surface area contributed by atoms with E-state index in [2.05, 4.69) is 19.1 Å². The summed E-state index contributed by atoms with van der Waals surface area (Å²) in [4.78, 5) is 0.382. The van der Waals surface area contributed by atoms with Crippen molar-refractivity contribution in [1.82, 2.24) is 0 Å². The summed E-state index contributed by atoms with van der Waals surface area (Å²) in [5, 5.41) is 0. The molecule has 0 heterocycles. The molecule has 2 nitrogen and oxygen atoms in total. The fourth-order valence-corrected chi connectivity index (χ4v) is 1.33. The lowest BCUT2D eigenvalue weighted by atomic mass is 10.1. The van der Waals surface area contributed by atoms with Crippen LogP contribution in [0.4, 0.5) is 0 Å². The highest BCUT2D eigenvalue weighted by Crippen LogP contribution is 2.14. The Bertz CT molecular complexity index is 321. The Hall–Kier alpha value is -1.09. The summed E-state index contributed by atoms with van der Waals surface area (Å²) in [6.07, 6.45) is 2.05. The normalized spacial score (nSPS) is 12.1. The lowest BCUT2D eigenvalue weighted by Crippen LogP contribution is -2.28. The summed E-state index contributed by atoms with van der Waals surface area (Å²) in [5.41, 5.74) is 6.79. The zero-order valence-electron chi connectivity index (χ0n) is 9.19. The minimum Gasteiger partial charge on any atom is -0.484 e. The van der Waals surface area contributed by atoms with E-state index in [1.54, 1.807) is 0 Å². The number of hydrogen-bond donors (Lipinski definition) is 1. The standard InChI is InChI=1S/C12H17NOS/c1-3-4-10-5-7-11(8-6-10)14-9(2)12(13)15/h5-9H,3-4H2,1-2H3,(H2,13,15). The second kappa shape index (κ2) is 5.71. The molecule has 1 rings (SSSR count). The van der Waals surface area contributed by atoms with Crippen molar-refractivity contribution in [2.75, 3.05) is 0 Å². The van der Waals surface area contributed by atoms with Gasteiger partial charge in [-0.3, -0.25) is 0 Å². The van der Waals surface area contributed by atoms with Crippen molar-refractivity contribution in [3.05, 3.63) is 29.8 Å². The van der Waals surface area contributed by atoms with Crippen LogP contribution in [-0.4, -0.2) is 11.1 Å². The van der Waals surface area contributed by atoms with Crippen LogP contribution in [0.3, 0.4) is 0 Å². The van der Waals surface area contributed by atoms with Crippen LogP contribution in [0.25, 0.3) is 0 Å². The number of hydrogen-bond acceptors (Lipinski definition) is 2. The van der Waals surface area contributed by atoms with Gasteiger partial charge in [0, 0.05) is 0 Å². The van der Waals surface area contributed by atoms with Crippen molar-refractivity contribution in [3.8, 4) is 5.75 Å². The fraction of sp³-hybridized carbons (Fsp3) is 0.417. The van der Waals surface area contributed by atoms with Gasteiger partial charge in [-0.2, -0.15) is 0 Å². The number of ether oxygens (including phenoxy) is 1. The van der Waals surface area contributed by atoms with Crippen LogP contribution in [0.5, 0.6) is 5.75 Å². The molecule has 0 saturated heterocycles. The maximum Gasteiger partial charge on any atom is 0.145 e. The topological polar surface area (TPSA) is 35.2 Å². The second-order valence-corrected chi connectivity index (χ2v) is 4.03. The van der Waals surface area contributed by atoms with Crippen LogP contribution in [0.2, 0.25) is 0 Å². The van der Waals surface area contributed by atoms with E-state index in [1.807, 2.05) is 19.1 Å². The largest absolute Gasteiger partial charge is 0.484 e. The molecule has 0 amide bonds.